The van der Waals surface area contributed by atoms with E-state index in [1.54, 1.807) is 0 Å². The fourth-order valence-electron chi connectivity index (χ4n) is 10.1. The van der Waals surface area contributed by atoms with Gasteiger partial charge in [0.2, 0.25) is 0 Å². The Kier molecular flexibility index (Phi) is 6.21. The van der Waals surface area contributed by atoms with E-state index in [0.29, 0.717) is 0 Å². The van der Waals surface area contributed by atoms with Crippen molar-refractivity contribution in [1.29, 1.82) is 0 Å². The van der Waals surface area contributed by atoms with Crippen molar-refractivity contribution in [3.8, 4) is 33.4 Å². The lowest BCUT2D eigenvalue weighted by atomic mass is 9.80. The van der Waals surface area contributed by atoms with Gasteiger partial charge in [0.1, 0.15) is 0 Å². The van der Waals surface area contributed by atoms with E-state index in [-0.39, 0.29) is 5.41 Å². The molecule has 0 N–H and O–H groups in total. The zero-order valence-corrected chi connectivity index (χ0v) is 30.8. The zero-order chi connectivity index (χ0) is 36.4. The highest BCUT2D eigenvalue weighted by Gasteiger charge is 2.36. The summed E-state index contributed by atoms with van der Waals surface area (Å²) in [6.45, 7) is 4.82. The van der Waals surface area contributed by atoms with Crippen LogP contribution < -0.4 is 0 Å². The van der Waals surface area contributed by atoms with Crippen LogP contribution in [0.5, 0.6) is 0 Å². The van der Waals surface area contributed by atoms with Crippen molar-refractivity contribution in [3.05, 3.63) is 193 Å². The van der Waals surface area contributed by atoms with Crippen LogP contribution in [0.4, 0.5) is 0 Å². The zero-order valence-electron chi connectivity index (χ0n) is 30.8. The van der Waals surface area contributed by atoms with Crippen LogP contribution in [0.15, 0.2) is 182 Å². The number of fused-ring (bicyclic) bond motifs is 15. The Bertz CT molecular complexity index is 3450. The maximum Gasteiger partial charge on any atom is 0.0159 e. The van der Waals surface area contributed by atoms with Crippen molar-refractivity contribution in [2.75, 3.05) is 0 Å². The summed E-state index contributed by atoms with van der Waals surface area (Å²) in [4.78, 5) is 0. The van der Waals surface area contributed by atoms with E-state index < -0.39 is 0 Å². The lowest BCUT2D eigenvalue weighted by molar-refractivity contribution is 0.661. The molecule has 55 heavy (non-hydrogen) atoms. The molecule has 0 bridgehead atoms. The molecule has 0 unspecified atom stereocenters. The van der Waals surface area contributed by atoms with Gasteiger partial charge in [-0.3, -0.25) is 0 Å². The van der Waals surface area contributed by atoms with E-state index in [0.717, 1.165) is 0 Å². The summed E-state index contributed by atoms with van der Waals surface area (Å²) in [5, 5.41) is 18.2. The smallest absolute Gasteiger partial charge is 0.0159 e. The summed E-state index contributed by atoms with van der Waals surface area (Å²) < 4.78 is 0. The van der Waals surface area contributed by atoms with Gasteiger partial charge in [-0.05, 0) is 144 Å². The van der Waals surface area contributed by atoms with Crippen LogP contribution in [-0.4, -0.2) is 0 Å². The molecule has 1 aliphatic carbocycles. The van der Waals surface area contributed by atoms with Crippen molar-refractivity contribution in [2.45, 2.75) is 19.3 Å². The molecule has 0 saturated heterocycles. The van der Waals surface area contributed by atoms with Crippen LogP contribution in [0.3, 0.4) is 0 Å². The Morgan fingerprint density at radius 2 is 0.709 bits per heavy atom. The second kappa shape index (κ2) is 11.1. The van der Waals surface area contributed by atoms with Gasteiger partial charge in [0, 0.05) is 5.41 Å². The first kappa shape index (κ1) is 30.7. The Morgan fingerprint density at radius 3 is 1.38 bits per heavy atom. The van der Waals surface area contributed by atoms with Gasteiger partial charge in [0.15, 0.2) is 0 Å². The lowest BCUT2D eigenvalue weighted by Crippen LogP contribution is -2.15. The second-order valence-corrected chi connectivity index (χ2v) is 16.0. The SMILES string of the molecule is CC1(C)c2cc(-c3cc4c(ccc5c6ccccc6ccc54)c4ccccc34)ccc2-c2ccc(-c3cc4ccc5ccccc5c4c4ccccc34)cc21. The minimum atomic E-state index is -0.169. The standard InChI is InChI=1S/C55H36/c1-55(2)52-30-35(49-29-37-20-19-34-12-4-6-14-39(34)54(37)48-18-10-9-17-42(48)49)22-25-46(52)47-26-23-36(31-53(47)55)50-32-51-44-24-21-33-11-3-5-13-38(33)43(44)27-28-45(51)40-15-7-8-16-41(40)50/h3-32H,1-2H3. The van der Waals surface area contributed by atoms with Crippen LogP contribution in [0.2, 0.25) is 0 Å². The van der Waals surface area contributed by atoms with Gasteiger partial charge in [0.05, 0.1) is 0 Å². The minimum absolute atomic E-state index is 0.169. The van der Waals surface area contributed by atoms with E-state index in [2.05, 4.69) is 196 Å². The molecule has 0 aliphatic heterocycles. The molecule has 0 amide bonds. The summed E-state index contributed by atoms with van der Waals surface area (Å²) in [5.74, 6) is 0. The molecule has 0 atom stereocenters. The van der Waals surface area contributed by atoms with E-state index in [1.165, 1.54) is 120 Å². The monoisotopic (exact) mass is 696 g/mol. The first-order chi connectivity index (χ1) is 27.0. The summed E-state index contributed by atoms with van der Waals surface area (Å²) in [7, 11) is 0. The van der Waals surface area contributed by atoms with Crippen molar-refractivity contribution in [3.63, 3.8) is 0 Å². The number of rotatable bonds is 2. The Morgan fingerprint density at radius 1 is 0.273 bits per heavy atom. The highest BCUT2D eigenvalue weighted by molar-refractivity contribution is 6.25. The maximum absolute atomic E-state index is 2.49. The van der Waals surface area contributed by atoms with Crippen LogP contribution in [0, 0.1) is 0 Å². The molecule has 256 valence electrons. The molecular weight excluding hydrogens is 661 g/mol. The Hall–Kier alpha value is -6.76. The third-order valence-electron chi connectivity index (χ3n) is 12.8. The highest BCUT2D eigenvalue weighted by atomic mass is 14.4. The summed E-state index contributed by atoms with van der Waals surface area (Å²) in [5.41, 5.74) is 10.4. The molecule has 0 spiro atoms. The van der Waals surface area contributed by atoms with Crippen LogP contribution in [0.25, 0.3) is 109 Å². The summed E-state index contributed by atoms with van der Waals surface area (Å²) in [6.07, 6.45) is 0. The highest BCUT2D eigenvalue weighted by Crippen LogP contribution is 2.52. The molecule has 0 radical (unpaired) electrons. The van der Waals surface area contributed by atoms with E-state index in [4.69, 9.17) is 0 Å². The normalized spacial score (nSPS) is 13.4. The molecule has 11 aromatic rings. The van der Waals surface area contributed by atoms with Crippen LogP contribution in [-0.2, 0) is 5.41 Å². The Balaban J connectivity index is 1.03. The van der Waals surface area contributed by atoms with Gasteiger partial charge in [-0.1, -0.05) is 172 Å². The van der Waals surface area contributed by atoms with Crippen LogP contribution in [0.1, 0.15) is 25.0 Å². The molecule has 0 heteroatoms. The van der Waals surface area contributed by atoms with Gasteiger partial charge in [0.25, 0.3) is 0 Å². The molecule has 0 nitrogen and oxygen atoms in total. The lowest BCUT2D eigenvalue weighted by Gasteiger charge is -2.23. The maximum atomic E-state index is 2.49. The predicted octanol–water partition coefficient (Wildman–Crippen LogP) is 15.4. The summed E-state index contributed by atoms with van der Waals surface area (Å²) in [6, 6.07) is 68.5. The largest absolute Gasteiger partial charge is 0.0616 e. The fraction of sp³-hybridized carbons (Fsp3) is 0.0545. The van der Waals surface area contributed by atoms with Gasteiger partial charge in [-0.15, -0.1) is 0 Å². The number of hydrogen-bond donors (Lipinski definition) is 0. The molecule has 0 saturated carbocycles. The van der Waals surface area contributed by atoms with Crippen molar-refractivity contribution >= 4 is 75.4 Å². The summed E-state index contributed by atoms with van der Waals surface area (Å²) >= 11 is 0. The molecular formula is C55H36. The molecule has 0 heterocycles. The van der Waals surface area contributed by atoms with Crippen molar-refractivity contribution < 1.29 is 0 Å². The van der Waals surface area contributed by atoms with Crippen LogP contribution >= 0.6 is 0 Å². The van der Waals surface area contributed by atoms with Gasteiger partial charge >= 0.3 is 0 Å². The number of hydrogen-bond acceptors (Lipinski definition) is 0. The van der Waals surface area contributed by atoms with Crippen molar-refractivity contribution in [2.24, 2.45) is 0 Å². The first-order valence-corrected chi connectivity index (χ1v) is 19.4. The molecule has 0 aromatic heterocycles. The average Bonchev–Trinajstić information content (AvgIpc) is 3.47. The molecule has 0 fully saturated rings. The third-order valence-corrected chi connectivity index (χ3v) is 12.8. The topological polar surface area (TPSA) is 0 Å². The number of benzene rings is 11. The Labute approximate surface area is 319 Å². The van der Waals surface area contributed by atoms with Crippen molar-refractivity contribution in [1.82, 2.24) is 0 Å². The van der Waals surface area contributed by atoms with Gasteiger partial charge < -0.3 is 0 Å². The van der Waals surface area contributed by atoms with E-state index in [1.807, 2.05) is 0 Å². The predicted molar refractivity (Wildman–Crippen MR) is 237 cm³/mol. The van der Waals surface area contributed by atoms with Gasteiger partial charge in [-0.25, -0.2) is 0 Å². The van der Waals surface area contributed by atoms with E-state index >= 15 is 0 Å². The average molecular weight is 697 g/mol. The van der Waals surface area contributed by atoms with Gasteiger partial charge in [-0.2, -0.15) is 0 Å². The third kappa shape index (κ3) is 4.28. The van der Waals surface area contributed by atoms with E-state index in [9.17, 15) is 0 Å². The fourth-order valence-corrected chi connectivity index (χ4v) is 10.1. The quantitative estimate of drug-likeness (QED) is 0.158. The minimum Gasteiger partial charge on any atom is -0.0616 e. The first-order valence-electron chi connectivity index (χ1n) is 19.4. The molecule has 11 aromatic carbocycles. The molecule has 12 rings (SSSR count). The second-order valence-electron chi connectivity index (χ2n) is 16.0. The molecule has 1 aliphatic rings.